The summed E-state index contributed by atoms with van der Waals surface area (Å²) < 4.78 is 5.26. The molecule has 8 heteroatoms. The van der Waals surface area contributed by atoms with Gasteiger partial charge < -0.3 is 20.1 Å². The molecule has 1 aliphatic heterocycles. The number of nitrogens with zero attached hydrogens (tertiary/aromatic N) is 1. The number of amides is 2. The van der Waals surface area contributed by atoms with E-state index in [9.17, 15) is 14.7 Å². The molecule has 0 saturated carbocycles. The normalized spacial score (nSPS) is 14.6. The molecular formula is C20H20Cl2N2O4. The number of carbonyl (C=O) groups is 2. The first-order chi connectivity index (χ1) is 13.4. The summed E-state index contributed by atoms with van der Waals surface area (Å²) in [6.45, 7) is 0.910. The van der Waals surface area contributed by atoms with Crippen LogP contribution < -0.4 is 10.1 Å². The first-order valence-electron chi connectivity index (χ1n) is 8.82. The second-order valence-electron chi connectivity index (χ2n) is 6.49. The number of hydrogen-bond acceptors (Lipinski definition) is 4. The van der Waals surface area contributed by atoms with Crippen molar-refractivity contribution in [2.24, 2.45) is 0 Å². The van der Waals surface area contributed by atoms with Crippen molar-refractivity contribution in [1.82, 2.24) is 10.2 Å². The summed E-state index contributed by atoms with van der Waals surface area (Å²) in [4.78, 5) is 26.9. The summed E-state index contributed by atoms with van der Waals surface area (Å²) in [5, 5.41) is 13.3. The van der Waals surface area contributed by atoms with E-state index < -0.39 is 0 Å². The number of benzene rings is 2. The van der Waals surface area contributed by atoms with Gasteiger partial charge in [-0.05, 0) is 37.1 Å². The van der Waals surface area contributed by atoms with Crippen LogP contribution in [0.15, 0.2) is 36.4 Å². The molecule has 6 nitrogen and oxygen atoms in total. The largest absolute Gasteiger partial charge is 0.507 e. The second-order valence-corrected chi connectivity index (χ2v) is 7.31. The SMILES string of the molecule is COc1c(Cl)ccc(Cl)c1C(=O)N1CCC(NC(=O)c2ccccc2O)CC1. The number of phenols is 1. The van der Waals surface area contributed by atoms with Crippen LogP contribution in [-0.4, -0.2) is 48.1 Å². The molecule has 2 amide bonds. The van der Waals surface area contributed by atoms with Gasteiger partial charge in [0, 0.05) is 19.1 Å². The third-order valence-electron chi connectivity index (χ3n) is 4.74. The van der Waals surface area contributed by atoms with Crippen molar-refractivity contribution >= 4 is 35.0 Å². The van der Waals surface area contributed by atoms with Crippen LogP contribution >= 0.6 is 23.2 Å². The molecule has 0 aromatic heterocycles. The predicted molar refractivity (Wildman–Crippen MR) is 108 cm³/mol. The van der Waals surface area contributed by atoms with Crippen molar-refractivity contribution < 1.29 is 19.4 Å². The number of carbonyl (C=O) groups excluding carboxylic acids is 2. The molecule has 2 N–H and O–H groups in total. The van der Waals surface area contributed by atoms with E-state index in [1.165, 1.54) is 13.2 Å². The van der Waals surface area contributed by atoms with Gasteiger partial charge in [-0.15, -0.1) is 0 Å². The van der Waals surface area contributed by atoms with Crippen molar-refractivity contribution in [2.45, 2.75) is 18.9 Å². The highest BCUT2D eigenvalue weighted by atomic mass is 35.5. The smallest absolute Gasteiger partial charge is 0.259 e. The lowest BCUT2D eigenvalue weighted by Gasteiger charge is -2.33. The number of aromatic hydroxyl groups is 1. The number of methoxy groups -OCH3 is 1. The number of para-hydroxylation sites is 1. The molecule has 148 valence electrons. The number of rotatable bonds is 4. The van der Waals surface area contributed by atoms with Crippen molar-refractivity contribution in [3.8, 4) is 11.5 Å². The molecule has 0 bridgehead atoms. The molecule has 2 aromatic carbocycles. The maximum atomic E-state index is 12.9. The van der Waals surface area contributed by atoms with E-state index >= 15 is 0 Å². The maximum absolute atomic E-state index is 12.9. The topological polar surface area (TPSA) is 78.9 Å². The van der Waals surface area contributed by atoms with E-state index in [1.54, 1.807) is 35.2 Å². The summed E-state index contributed by atoms with van der Waals surface area (Å²) >= 11 is 12.3. The van der Waals surface area contributed by atoms with Crippen LogP contribution in [0.3, 0.4) is 0 Å². The molecule has 0 spiro atoms. The molecule has 1 heterocycles. The monoisotopic (exact) mass is 422 g/mol. The Kier molecular flexibility index (Phi) is 6.31. The molecule has 28 heavy (non-hydrogen) atoms. The lowest BCUT2D eigenvalue weighted by molar-refractivity contribution is 0.0695. The first-order valence-corrected chi connectivity index (χ1v) is 9.58. The highest BCUT2D eigenvalue weighted by Crippen LogP contribution is 2.35. The fourth-order valence-electron chi connectivity index (χ4n) is 3.25. The minimum Gasteiger partial charge on any atom is -0.507 e. The molecule has 0 atom stereocenters. The van der Waals surface area contributed by atoms with Gasteiger partial charge in [-0.2, -0.15) is 0 Å². The van der Waals surface area contributed by atoms with Gasteiger partial charge in [0.2, 0.25) is 0 Å². The Hall–Kier alpha value is -2.44. The molecule has 1 aliphatic rings. The molecule has 1 saturated heterocycles. The Bertz CT molecular complexity index is 896. The van der Waals surface area contributed by atoms with Crippen LogP contribution in [0.4, 0.5) is 0 Å². The number of halogens is 2. The summed E-state index contributed by atoms with van der Waals surface area (Å²) in [7, 11) is 1.44. The van der Waals surface area contributed by atoms with E-state index in [0.29, 0.717) is 31.0 Å². The van der Waals surface area contributed by atoms with Crippen LogP contribution in [0.1, 0.15) is 33.6 Å². The minimum atomic E-state index is -0.331. The van der Waals surface area contributed by atoms with E-state index in [1.807, 2.05) is 0 Å². The Morgan fingerprint density at radius 1 is 1.11 bits per heavy atom. The average Bonchev–Trinajstić information content (AvgIpc) is 2.69. The summed E-state index contributed by atoms with van der Waals surface area (Å²) in [5.74, 6) is -0.387. The van der Waals surface area contributed by atoms with Gasteiger partial charge in [0.25, 0.3) is 11.8 Å². The molecule has 1 fully saturated rings. The Balaban J connectivity index is 1.65. The molecule has 0 radical (unpaired) electrons. The van der Waals surface area contributed by atoms with Gasteiger partial charge in [-0.1, -0.05) is 35.3 Å². The van der Waals surface area contributed by atoms with Gasteiger partial charge in [-0.3, -0.25) is 9.59 Å². The van der Waals surface area contributed by atoms with Crippen molar-refractivity contribution in [3.05, 3.63) is 57.6 Å². The van der Waals surface area contributed by atoms with Crippen LogP contribution in [0.5, 0.6) is 11.5 Å². The third-order valence-corrected chi connectivity index (χ3v) is 5.36. The number of nitrogens with one attached hydrogen (secondary N) is 1. The molecule has 3 rings (SSSR count). The number of ether oxygens (including phenoxy) is 1. The number of phenolic OH excluding ortho intramolecular Hbond substituents is 1. The fourth-order valence-corrected chi connectivity index (χ4v) is 3.71. The molecule has 0 unspecified atom stereocenters. The quantitative estimate of drug-likeness (QED) is 0.786. The van der Waals surface area contributed by atoms with Gasteiger partial charge in [-0.25, -0.2) is 0 Å². The van der Waals surface area contributed by atoms with Crippen molar-refractivity contribution in [3.63, 3.8) is 0 Å². The first kappa shape index (κ1) is 20.3. The molecule has 0 aliphatic carbocycles. The van der Waals surface area contributed by atoms with Gasteiger partial charge in [0.15, 0.2) is 5.75 Å². The highest BCUT2D eigenvalue weighted by Gasteiger charge is 2.29. The standard InChI is InChI=1S/C20H20Cl2N2O4/c1-28-18-15(22)7-6-14(21)17(18)20(27)24-10-8-12(9-11-24)23-19(26)13-4-2-3-5-16(13)25/h2-7,12,25H,8-11H2,1H3,(H,23,26). The van der Waals surface area contributed by atoms with Crippen LogP contribution in [0.25, 0.3) is 0 Å². The van der Waals surface area contributed by atoms with Crippen LogP contribution in [0, 0.1) is 0 Å². The average molecular weight is 423 g/mol. The van der Waals surface area contributed by atoms with Crippen molar-refractivity contribution in [1.29, 1.82) is 0 Å². The summed E-state index contributed by atoms with van der Waals surface area (Å²) in [5.41, 5.74) is 0.477. The second kappa shape index (κ2) is 8.71. The summed E-state index contributed by atoms with van der Waals surface area (Å²) in [6, 6.07) is 9.45. The third kappa shape index (κ3) is 4.18. The van der Waals surface area contributed by atoms with Crippen molar-refractivity contribution in [2.75, 3.05) is 20.2 Å². The van der Waals surface area contributed by atoms with E-state index in [0.717, 1.165) is 0 Å². The van der Waals surface area contributed by atoms with Crippen LogP contribution in [-0.2, 0) is 0 Å². The zero-order chi connectivity index (χ0) is 20.3. The van der Waals surface area contributed by atoms with Gasteiger partial charge >= 0.3 is 0 Å². The highest BCUT2D eigenvalue weighted by molar-refractivity contribution is 6.37. The van der Waals surface area contributed by atoms with Crippen LogP contribution in [0.2, 0.25) is 10.0 Å². The van der Waals surface area contributed by atoms with E-state index in [2.05, 4.69) is 5.32 Å². The number of likely N-dealkylation sites (tertiary alicyclic amines) is 1. The molecule has 2 aromatic rings. The predicted octanol–water partition coefficient (Wildman–Crippen LogP) is 3.74. The van der Waals surface area contributed by atoms with Gasteiger partial charge in [0.1, 0.15) is 11.3 Å². The maximum Gasteiger partial charge on any atom is 0.259 e. The minimum absolute atomic E-state index is 0.0599. The molecular weight excluding hydrogens is 403 g/mol. The fraction of sp³-hybridized carbons (Fsp3) is 0.300. The van der Waals surface area contributed by atoms with E-state index in [-0.39, 0.29) is 45.5 Å². The zero-order valence-corrected chi connectivity index (χ0v) is 16.8. The number of piperidine rings is 1. The Morgan fingerprint density at radius 3 is 2.39 bits per heavy atom. The lowest BCUT2D eigenvalue weighted by atomic mass is 10.0. The summed E-state index contributed by atoms with van der Waals surface area (Å²) in [6.07, 6.45) is 1.18. The Morgan fingerprint density at radius 2 is 1.75 bits per heavy atom. The number of hydrogen-bond donors (Lipinski definition) is 2. The van der Waals surface area contributed by atoms with Gasteiger partial charge in [0.05, 0.1) is 22.7 Å². The Labute approximate surface area is 173 Å². The lowest BCUT2D eigenvalue weighted by Crippen LogP contribution is -2.46. The zero-order valence-electron chi connectivity index (χ0n) is 15.2. The van der Waals surface area contributed by atoms with E-state index in [4.69, 9.17) is 27.9 Å².